The fourth-order valence-electron chi connectivity index (χ4n) is 10.5. The van der Waals surface area contributed by atoms with Gasteiger partial charge in [-0.05, 0) is 122 Å². The van der Waals surface area contributed by atoms with Gasteiger partial charge in [0.25, 0.3) is 0 Å². The van der Waals surface area contributed by atoms with E-state index in [2.05, 4.69) is 170 Å². The topological polar surface area (TPSA) is 4.93 Å². The van der Waals surface area contributed by atoms with Crippen LogP contribution in [-0.2, 0) is 10.8 Å². The largest absolute Gasteiger partial charge is 0.309 e. The summed E-state index contributed by atoms with van der Waals surface area (Å²) in [4.78, 5) is 0. The Morgan fingerprint density at radius 2 is 1.06 bits per heavy atom. The van der Waals surface area contributed by atoms with Gasteiger partial charge in [0.05, 0.1) is 11.0 Å². The highest BCUT2D eigenvalue weighted by Crippen LogP contribution is 2.60. The zero-order chi connectivity index (χ0) is 34.6. The molecule has 11 rings (SSSR count). The van der Waals surface area contributed by atoms with Crippen LogP contribution in [-0.4, -0.2) is 4.57 Å². The summed E-state index contributed by atoms with van der Waals surface area (Å²) in [5.74, 6) is 0. The van der Waals surface area contributed by atoms with Crippen LogP contribution in [0.2, 0.25) is 0 Å². The van der Waals surface area contributed by atoms with E-state index in [1.165, 1.54) is 115 Å². The molecule has 250 valence electrons. The van der Waals surface area contributed by atoms with Gasteiger partial charge in [-0.3, -0.25) is 0 Å². The van der Waals surface area contributed by atoms with Crippen LogP contribution in [0.3, 0.4) is 0 Å². The average molecular weight is 668 g/mol. The number of benzene rings is 7. The number of hydrogen-bond donors (Lipinski definition) is 0. The first-order chi connectivity index (χ1) is 25.5. The summed E-state index contributed by atoms with van der Waals surface area (Å²) < 4.78 is 2.46. The van der Waals surface area contributed by atoms with Crippen molar-refractivity contribution in [3.8, 4) is 50.2 Å². The van der Waals surface area contributed by atoms with E-state index in [4.69, 9.17) is 0 Å². The molecule has 0 bridgehead atoms. The van der Waals surface area contributed by atoms with Crippen LogP contribution in [0, 0.1) is 0 Å². The van der Waals surface area contributed by atoms with Crippen molar-refractivity contribution in [3.05, 3.63) is 174 Å². The predicted octanol–water partition coefficient (Wildman–Crippen LogP) is 13.7. The molecule has 1 heteroatoms. The summed E-state index contributed by atoms with van der Waals surface area (Å²) in [6, 6.07) is 57.4. The molecule has 0 saturated heterocycles. The smallest absolute Gasteiger partial charge is 0.0547 e. The van der Waals surface area contributed by atoms with Crippen LogP contribution >= 0.6 is 0 Å². The van der Waals surface area contributed by atoms with Gasteiger partial charge in [-0.15, -0.1) is 0 Å². The van der Waals surface area contributed by atoms with E-state index in [-0.39, 0.29) is 10.8 Å². The van der Waals surface area contributed by atoms with Crippen molar-refractivity contribution in [1.29, 1.82) is 0 Å². The van der Waals surface area contributed by atoms with Crippen molar-refractivity contribution in [3.63, 3.8) is 0 Å². The van der Waals surface area contributed by atoms with E-state index < -0.39 is 0 Å². The minimum atomic E-state index is -0.0599. The molecular weight excluding hydrogens is 627 g/mol. The lowest BCUT2D eigenvalue weighted by atomic mass is 9.67. The zero-order valence-electron chi connectivity index (χ0n) is 29.9. The van der Waals surface area contributed by atoms with Gasteiger partial charge in [0.1, 0.15) is 0 Å². The molecule has 1 heterocycles. The van der Waals surface area contributed by atoms with Crippen LogP contribution in [0.5, 0.6) is 0 Å². The van der Waals surface area contributed by atoms with Crippen LogP contribution in [0.25, 0.3) is 72.0 Å². The number of aromatic nitrogens is 1. The Labute approximate surface area is 306 Å². The van der Waals surface area contributed by atoms with E-state index in [9.17, 15) is 0 Å². The number of rotatable bonds is 3. The van der Waals surface area contributed by atoms with Crippen LogP contribution < -0.4 is 0 Å². The third-order valence-electron chi connectivity index (χ3n) is 13.0. The second kappa shape index (κ2) is 10.9. The van der Waals surface area contributed by atoms with Crippen molar-refractivity contribution in [2.75, 3.05) is 0 Å². The van der Waals surface area contributed by atoms with Crippen LogP contribution in [0.4, 0.5) is 0 Å². The zero-order valence-corrected chi connectivity index (χ0v) is 29.9. The number of para-hydroxylation sites is 1. The average Bonchev–Trinajstić information content (AvgIpc) is 3.75. The fourth-order valence-corrected chi connectivity index (χ4v) is 10.5. The Kier molecular flexibility index (Phi) is 6.30. The molecule has 0 amide bonds. The predicted molar refractivity (Wildman–Crippen MR) is 219 cm³/mol. The fraction of sp³-hybridized carbons (Fsp3) is 0.176. The van der Waals surface area contributed by atoms with Gasteiger partial charge in [0.2, 0.25) is 0 Å². The highest BCUT2D eigenvalue weighted by Gasteiger charge is 2.46. The molecule has 1 spiro atoms. The summed E-state index contributed by atoms with van der Waals surface area (Å²) in [5, 5.41) is 2.57. The highest BCUT2D eigenvalue weighted by molar-refractivity contribution is 6.10. The van der Waals surface area contributed by atoms with Crippen LogP contribution in [0.1, 0.15) is 68.2 Å². The molecule has 0 atom stereocenters. The first-order valence-electron chi connectivity index (χ1n) is 19.1. The second-order valence-electron chi connectivity index (χ2n) is 16.0. The molecule has 1 fully saturated rings. The van der Waals surface area contributed by atoms with Gasteiger partial charge < -0.3 is 4.57 Å². The molecule has 1 nitrogen and oxygen atoms in total. The third-order valence-corrected chi connectivity index (χ3v) is 13.0. The molecule has 0 aliphatic heterocycles. The summed E-state index contributed by atoms with van der Waals surface area (Å²) in [6.07, 6.45) is 6.49. The molecular formula is C51H41N. The van der Waals surface area contributed by atoms with Gasteiger partial charge in [-0.25, -0.2) is 0 Å². The second-order valence-corrected chi connectivity index (χ2v) is 16.0. The van der Waals surface area contributed by atoms with Gasteiger partial charge in [0.15, 0.2) is 0 Å². The van der Waals surface area contributed by atoms with E-state index in [0.29, 0.717) is 0 Å². The maximum absolute atomic E-state index is 2.63. The van der Waals surface area contributed by atoms with Gasteiger partial charge in [0, 0.05) is 27.3 Å². The molecule has 52 heavy (non-hydrogen) atoms. The Hall–Kier alpha value is -5.66. The molecule has 8 aromatic rings. The Morgan fingerprint density at radius 3 is 1.94 bits per heavy atom. The first kappa shape index (κ1) is 30.0. The Balaban J connectivity index is 1.08. The highest BCUT2D eigenvalue weighted by atomic mass is 15.0. The number of hydrogen-bond acceptors (Lipinski definition) is 0. The molecule has 7 aromatic carbocycles. The molecule has 3 aliphatic rings. The van der Waals surface area contributed by atoms with Crippen molar-refractivity contribution in [1.82, 2.24) is 4.57 Å². The Morgan fingerprint density at radius 1 is 0.404 bits per heavy atom. The summed E-state index contributed by atoms with van der Waals surface area (Å²) in [5.41, 5.74) is 20.6. The molecule has 0 N–H and O–H groups in total. The molecule has 0 radical (unpaired) electrons. The van der Waals surface area contributed by atoms with E-state index in [0.717, 1.165) is 0 Å². The van der Waals surface area contributed by atoms with Crippen molar-refractivity contribution < 1.29 is 0 Å². The van der Waals surface area contributed by atoms with Crippen molar-refractivity contribution in [2.24, 2.45) is 0 Å². The van der Waals surface area contributed by atoms with Gasteiger partial charge in [-0.2, -0.15) is 0 Å². The first-order valence-corrected chi connectivity index (χ1v) is 19.1. The van der Waals surface area contributed by atoms with Crippen molar-refractivity contribution >= 4 is 21.8 Å². The van der Waals surface area contributed by atoms with E-state index >= 15 is 0 Å². The van der Waals surface area contributed by atoms with E-state index in [1.807, 2.05) is 0 Å². The number of fused-ring (bicyclic) bond motifs is 11. The van der Waals surface area contributed by atoms with E-state index in [1.54, 1.807) is 11.1 Å². The lowest BCUT2D eigenvalue weighted by molar-refractivity contribution is 0.353. The third kappa shape index (κ3) is 4.11. The molecule has 0 unspecified atom stereocenters. The van der Waals surface area contributed by atoms with Crippen molar-refractivity contribution in [2.45, 2.75) is 56.8 Å². The summed E-state index contributed by atoms with van der Waals surface area (Å²) in [6.45, 7) is 4.85. The molecule has 1 aromatic heterocycles. The van der Waals surface area contributed by atoms with Crippen LogP contribution in [0.15, 0.2) is 152 Å². The maximum Gasteiger partial charge on any atom is 0.0547 e. The number of nitrogens with zero attached hydrogens (tertiary/aromatic N) is 1. The normalized spacial score (nSPS) is 16.2. The minimum absolute atomic E-state index is 0.0599. The molecule has 1 saturated carbocycles. The quantitative estimate of drug-likeness (QED) is 0.177. The van der Waals surface area contributed by atoms with Gasteiger partial charge in [-0.1, -0.05) is 142 Å². The van der Waals surface area contributed by atoms with Gasteiger partial charge >= 0.3 is 0 Å². The maximum atomic E-state index is 2.63. The summed E-state index contributed by atoms with van der Waals surface area (Å²) in [7, 11) is 0. The SMILES string of the molecule is CC1(C)c2ccc(-c3ccc4c5ccccc5n(-c5cccc(-c6ccccc6)c5)c4c3)cc2-c2cc3c(cc21)-c1ccccc1C31CCCCC1. The Bertz CT molecular complexity index is 2730. The minimum Gasteiger partial charge on any atom is -0.309 e. The summed E-state index contributed by atoms with van der Waals surface area (Å²) >= 11 is 0. The lowest BCUT2D eigenvalue weighted by Crippen LogP contribution is -2.28. The monoisotopic (exact) mass is 667 g/mol. The molecule has 3 aliphatic carbocycles. The standard InChI is InChI=1S/C51H41N/c1-50(2)44-25-23-35(29-41(44)43-32-47-42(31-46(43)50)38-18-7-9-20-45(38)51(47)26-11-4-12-27-51)36-22-24-40-39-19-8-10-21-48(39)52(49(40)30-36)37-17-13-16-34(28-37)33-14-5-3-6-15-33/h3,5-10,13-25,28-32H,4,11-12,26-27H2,1-2H3. The lowest BCUT2D eigenvalue weighted by Gasteiger charge is -2.36.